The lowest BCUT2D eigenvalue weighted by molar-refractivity contribution is -0.145. The van der Waals surface area contributed by atoms with E-state index in [-0.39, 0.29) is 47.5 Å². The number of carbonyl (C=O) groups excluding carboxylic acids is 3. The van der Waals surface area contributed by atoms with Gasteiger partial charge >= 0.3 is 11.9 Å². The number of hydrogen-bond acceptors (Lipinski definition) is 8. The van der Waals surface area contributed by atoms with Crippen LogP contribution in [0.15, 0.2) is 48.5 Å². The van der Waals surface area contributed by atoms with Gasteiger partial charge in [-0.15, -0.1) is 17.0 Å². The molecule has 0 aliphatic carbocycles. The van der Waals surface area contributed by atoms with Crippen molar-refractivity contribution in [3.63, 3.8) is 0 Å². The monoisotopic (exact) mass is 622 g/mol. The van der Waals surface area contributed by atoms with Crippen LogP contribution in [0.3, 0.4) is 0 Å². The minimum absolute atomic E-state index is 0. The normalized spacial score (nSPS) is 12.5. The number of ether oxygens (including phenoxy) is 3. The number of rotatable bonds is 11. The molecule has 0 radical (unpaired) electrons. The zero-order chi connectivity index (χ0) is 29.4. The smallest absolute Gasteiger partial charge is 0.316 e. The Morgan fingerprint density at radius 3 is 1.93 bits per heavy atom. The van der Waals surface area contributed by atoms with E-state index in [0.717, 1.165) is 0 Å². The van der Waals surface area contributed by atoms with Crippen LogP contribution in [0.5, 0.6) is 17.2 Å². The second-order valence-corrected chi connectivity index (χ2v) is 12.1. The summed E-state index contributed by atoms with van der Waals surface area (Å²) in [6, 6.07) is 13.7. The van der Waals surface area contributed by atoms with Crippen LogP contribution in [-0.4, -0.2) is 48.2 Å². The predicted molar refractivity (Wildman–Crippen MR) is 159 cm³/mol. The van der Waals surface area contributed by atoms with Crippen molar-refractivity contribution in [3.05, 3.63) is 54.1 Å². The Labute approximate surface area is 247 Å². The molecule has 0 aromatic heterocycles. The van der Waals surface area contributed by atoms with Crippen molar-refractivity contribution in [2.45, 2.75) is 67.0 Å². The fourth-order valence-corrected chi connectivity index (χ4v) is 2.99. The van der Waals surface area contributed by atoms with Crippen LogP contribution >= 0.6 is 17.0 Å². The highest BCUT2D eigenvalue weighted by Gasteiger charge is 2.29. The summed E-state index contributed by atoms with van der Waals surface area (Å²) in [5.41, 5.74) is -1.64. The van der Waals surface area contributed by atoms with Gasteiger partial charge in [0.2, 0.25) is 0 Å². The zero-order valence-electron chi connectivity index (χ0n) is 24.6. The SMILES string of the molecule is Br.CC(C)(CNC(=O)COc1ccccc1)NCC(O)c1ccc(OC(=O)C(C)(C)C)c(OC(=O)C(C)(C)C)c1. The molecular formula is C30H43BrN2O7. The first-order chi connectivity index (χ1) is 18.0. The van der Waals surface area contributed by atoms with Crippen LogP contribution in [0.2, 0.25) is 0 Å². The summed E-state index contributed by atoms with van der Waals surface area (Å²) < 4.78 is 16.5. The van der Waals surface area contributed by atoms with Gasteiger partial charge in [0.15, 0.2) is 18.1 Å². The number of para-hydroxylation sites is 1. The molecule has 0 bridgehead atoms. The van der Waals surface area contributed by atoms with E-state index in [1.165, 1.54) is 12.1 Å². The van der Waals surface area contributed by atoms with Gasteiger partial charge in [0.05, 0.1) is 16.9 Å². The zero-order valence-corrected chi connectivity index (χ0v) is 26.3. The van der Waals surface area contributed by atoms with Gasteiger partial charge in [0.25, 0.3) is 5.91 Å². The van der Waals surface area contributed by atoms with Crippen molar-refractivity contribution in [1.82, 2.24) is 10.6 Å². The van der Waals surface area contributed by atoms with Crippen LogP contribution in [0.25, 0.3) is 0 Å². The lowest BCUT2D eigenvalue weighted by Crippen LogP contribution is -2.50. The molecular weight excluding hydrogens is 580 g/mol. The van der Waals surface area contributed by atoms with Gasteiger partial charge in [-0.3, -0.25) is 14.4 Å². The fourth-order valence-electron chi connectivity index (χ4n) is 2.99. The molecule has 1 atom stereocenters. The maximum Gasteiger partial charge on any atom is 0.316 e. The van der Waals surface area contributed by atoms with Gasteiger partial charge in [-0.2, -0.15) is 0 Å². The maximum atomic E-state index is 12.6. The third-order valence-corrected chi connectivity index (χ3v) is 5.60. The van der Waals surface area contributed by atoms with Gasteiger partial charge < -0.3 is 30.0 Å². The first-order valence-corrected chi connectivity index (χ1v) is 12.9. The van der Waals surface area contributed by atoms with Gasteiger partial charge in [-0.05, 0) is 85.2 Å². The molecule has 1 unspecified atom stereocenters. The predicted octanol–water partition coefficient (Wildman–Crippen LogP) is 4.76. The molecule has 0 fully saturated rings. The van der Waals surface area contributed by atoms with Crippen LogP contribution < -0.4 is 24.8 Å². The number of amides is 1. The van der Waals surface area contributed by atoms with Gasteiger partial charge in [0, 0.05) is 18.6 Å². The molecule has 0 saturated carbocycles. The molecule has 40 heavy (non-hydrogen) atoms. The molecule has 2 rings (SSSR count). The standard InChI is InChI=1S/C30H42N2O7.BrH/c1-28(2,3)26(35)38-23-15-14-20(16-24(23)39-27(36)29(4,5)6)22(33)17-32-30(7,8)19-31-25(34)18-37-21-12-10-9-11-13-21;/h9-16,22,32-33H,17-19H2,1-8H3,(H,31,34);1H. The van der Waals surface area contributed by atoms with E-state index < -0.39 is 34.4 Å². The largest absolute Gasteiger partial charge is 0.484 e. The highest BCUT2D eigenvalue weighted by Crippen LogP contribution is 2.34. The van der Waals surface area contributed by atoms with Gasteiger partial charge in [-0.25, -0.2) is 0 Å². The maximum absolute atomic E-state index is 12.6. The van der Waals surface area contributed by atoms with E-state index in [0.29, 0.717) is 17.9 Å². The number of carbonyl (C=O) groups is 3. The summed E-state index contributed by atoms with van der Waals surface area (Å²) in [5.74, 6) is -0.497. The first kappa shape index (κ1) is 35.1. The van der Waals surface area contributed by atoms with E-state index in [9.17, 15) is 19.5 Å². The van der Waals surface area contributed by atoms with Crippen LogP contribution in [0, 0.1) is 10.8 Å². The number of aliphatic hydroxyl groups is 1. The molecule has 0 saturated heterocycles. The average Bonchev–Trinajstić information content (AvgIpc) is 2.85. The summed E-state index contributed by atoms with van der Waals surface area (Å²) in [5, 5.41) is 16.9. The van der Waals surface area contributed by atoms with Gasteiger partial charge in [-0.1, -0.05) is 24.3 Å². The van der Waals surface area contributed by atoms with Crippen molar-refractivity contribution in [1.29, 1.82) is 0 Å². The van der Waals surface area contributed by atoms with Crippen molar-refractivity contribution in [3.8, 4) is 17.2 Å². The first-order valence-electron chi connectivity index (χ1n) is 12.9. The number of halogens is 1. The topological polar surface area (TPSA) is 123 Å². The summed E-state index contributed by atoms with van der Waals surface area (Å²) in [7, 11) is 0. The Kier molecular flexibility index (Phi) is 12.8. The second kappa shape index (κ2) is 14.6. The van der Waals surface area contributed by atoms with Gasteiger partial charge in [0.1, 0.15) is 5.75 Å². The molecule has 222 valence electrons. The fraction of sp³-hybridized carbons (Fsp3) is 0.500. The van der Waals surface area contributed by atoms with E-state index in [4.69, 9.17) is 14.2 Å². The quantitative estimate of drug-likeness (QED) is 0.242. The molecule has 0 spiro atoms. The van der Waals surface area contributed by atoms with E-state index in [2.05, 4.69) is 10.6 Å². The van der Waals surface area contributed by atoms with Crippen molar-refractivity contribution in [2.24, 2.45) is 10.8 Å². The third kappa shape index (κ3) is 11.7. The van der Waals surface area contributed by atoms with E-state index in [1.807, 2.05) is 32.0 Å². The number of benzene rings is 2. The van der Waals surface area contributed by atoms with Crippen molar-refractivity contribution in [2.75, 3.05) is 19.7 Å². The number of nitrogens with one attached hydrogen (secondary N) is 2. The second-order valence-electron chi connectivity index (χ2n) is 12.1. The van der Waals surface area contributed by atoms with Crippen LogP contribution in [-0.2, 0) is 14.4 Å². The molecule has 10 heteroatoms. The molecule has 2 aromatic rings. The van der Waals surface area contributed by atoms with Crippen molar-refractivity contribution < 1.29 is 33.7 Å². The summed E-state index contributed by atoms with van der Waals surface area (Å²) in [4.78, 5) is 37.2. The summed E-state index contributed by atoms with van der Waals surface area (Å²) in [6.07, 6.45) is -0.971. The Morgan fingerprint density at radius 1 is 0.825 bits per heavy atom. The van der Waals surface area contributed by atoms with Crippen LogP contribution in [0.1, 0.15) is 67.1 Å². The molecule has 1 amide bonds. The molecule has 0 aliphatic heterocycles. The number of β-amino-alcohol motifs (C(OH)–C–C–N with tert-alkyl or cyclic N) is 1. The molecule has 0 heterocycles. The van der Waals surface area contributed by atoms with Crippen molar-refractivity contribution >= 4 is 34.8 Å². The molecule has 0 aliphatic rings. The lowest BCUT2D eigenvalue weighted by atomic mass is 9.97. The van der Waals surface area contributed by atoms with Crippen LogP contribution in [0.4, 0.5) is 0 Å². The molecule has 9 nitrogen and oxygen atoms in total. The Bertz CT molecular complexity index is 1140. The average molecular weight is 624 g/mol. The molecule has 3 N–H and O–H groups in total. The van der Waals surface area contributed by atoms with E-state index >= 15 is 0 Å². The minimum Gasteiger partial charge on any atom is -0.484 e. The highest BCUT2D eigenvalue weighted by atomic mass is 79.9. The molecule has 2 aromatic carbocycles. The third-order valence-electron chi connectivity index (χ3n) is 5.60. The Balaban J connectivity index is 0.00000800. The van der Waals surface area contributed by atoms with E-state index in [1.54, 1.807) is 59.7 Å². The number of hydrogen-bond donors (Lipinski definition) is 3. The number of esters is 2. The summed E-state index contributed by atoms with van der Waals surface area (Å²) in [6.45, 7) is 14.4. The lowest BCUT2D eigenvalue weighted by Gasteiger charge is -2.28. The Hall–Kier alpha value is -2.95. The summed E-state index contributed by atoms with van der Waals surface area (Å²) >= 11 is 0. The highest BCUT2D eigenvalue weighted by molar-refractivity contribution is 8.93. The minimum atomic E-state index is -0.971. The number of aliphatic hydroxyl groups excluding tert-OH is 1. The Morgan fingerprint density at radius 2 is 1.38 bits per heavy atom.